The molecule has 0 unspecified atom stereocenters. The smallest absolute Gasteiger partial charge is 0.330 e. The van der Waals surface area contributed by atoms with E-state index in [1.807, 2.05) is 0 Å². The molecule has 0 amide bonds. The quantitative estimate of drug-likeness (QED) is 0.481. The maximum atomic E-state index is 13.6. The first kappa shape index (κ1) is 12.3. The molecule has 2 rings (SSSR count). The number of nitrogens with one attached hydrogen (secondary N) is 1. The van der Waals surface area contributed by atoms with Crippen molar-refractivity contribution in [3.63, 3.8) is 0 Å². The van der Waals surface area contributed by atoms with Gasteiger partial charge in [0.05, 0.1) is 12.6 Å². The van der Waals surface area contributed by atoms with E-state index in [4.69, 9.17) is 10.3 Å². The summed E-state index contributed by atoms with van der Waals surface area (Å²) in [6, 6.07) is 1.15. The van der Waals surface area contributed by atoms with Crippen LogP contribution in [0.2, 0.25) is 0 Å². The molecule has 1 aliphatic heterocycles. The highest BCUT2D eigenvalue weighted by atomic mass is 19.1. The fraction of sp³-hybridized carbons (Fsp3) is 0.556. The Kier molecular flexibility index (Phi) is 3.45. The summed E-state index contributed by atoms with van der Waals surface area (Å²) in [4.78, 5) is 26.9. The van der Waals surface area contributed by atoms with Gasteiger partial charge in [0, 0.05) is 23.6 Å². The summed E-state index contributed by atoms with van der Waals surface area (Å²) in [6.07, 6.45) is -1.78. The maximum absolute atomic E-state index is 13.6. The summed E-state index contributed by atoms with van der Waals surface area (Å²) in [5, 5.41) is 3.24. The summed E-state index contributed by atoms with van der Waals surface area (Å²) in [6.45, 7) is -0.133. The van der Waals surface area contributed by atoms with Gasteiger partial charge >= 0.3 is 5.69 Å². The fourth-order valence-corrected chi connectivity index (χ4v) is 1.79. The summed E-state index contributed by atoms with van der Waals surface area (Å²) < 4.78 is 19.9. The molecule has 1 saturated heterocycles. The molecule has 2 heterocycles. The average Bonchev–Trinajstić information content (AvgIpc) is 2.68. The van der Waals surface area contributed by atoms with Crippen molar-refractivity contribution in [1.82, 2.24) is 9.55 Å². The molecule has 1 aliphatic rings. The van der Waals surface area contributed by atoms with Crippen LogP contribution in [0.3, 0.4) is 0 Å². The number of hydrogen-bond donors (Lipinski definition) is 1. The molecule has 1 aromatic rings. The average molecular weight is 255 g/mol. The Morgan fingerprint density at radius 2 is 2.44 bits per heavy atom. The number of ether oxygens (including phenoxy) is 1. The number of aromatic amines is 1. The van der Waals surface area contributed by atoms with E-state index in [1.165, 1.54) is 6.20 Å². The van der Waals surface area contributed by atoms with Crippen molar-refractivity contribution < 1.29 is 9.13 Å². The lowest BCUT2D eigenvalue weighted by Crippen LogP contribution is -2.31. The molecule has 96 valence electrons. The van der Waals surface area contributed by atoms with Gasteiger partial charge in [-0.05, 0) is 5.53 Å². The van der Waals surface area contributed by atoms with Crippen molar-refractivity contribution in [2.24, 2.45) is 5.11 Å². The highest BCUT2D eigenvalue weighted by Crippen LogP contribution is 2.29. The van der Waals surface area contributed by atoms with Crippen LogP contribution in [0.25, 0.3) is 10.4 Å². The first-order valence-corrected chi connectivity index (χ1v) is 5.23. The van der Waals surface area contributed by atoms with Crippen LogP contribution >= 0.6 is 0 Å². The first-order chi connectivity index (χ1) is 8.61. The van der Waals surface area contributed by atoms with Crippen LogP contribution in [0.4, 0.5) is 4.39 Å². The number of aromatic nitrogens is 2. The standard InChI is InChI=1S/C9H10FN5O3/c10-5-3-8(18-6(5)4-12-14-11)15-2-1-7(16)13-9(15)17/h1-2,5-6,8H,3-4H2,(H,13,16,17)/t5-,6+,8+/m0/s1. The predicted molar refractivity (Wildman–Crippen MR) is 58.8 cm³/mol. The van der Waals surface area contributed by atoms with E-state index in [9.17, 15) is 14.0 Å². The van der Waals surface area contributed by atoms with Crippen molar-refractivity contribution in [1.29, 1.82) is 0 Å². The largest absolute Gasteiger partial charge is 0.351 e. The normalized spacial score (nSPS) is 26.8. The molecule has 9 heteroatoms. The highest BCUT2D eigenvalue weighted by molar-refractivity contribution is 4.89. The molecular weight excluding hydrogens is 245 g/mol. The number of alkyl halides is 1. The Bertz CT molecular complexity index is 590. The summed E-state index contributed by atoms with van der Waals surface area (Å²) in [5.74, 6) is 0. The molecule has 3 atom stereocenters. The third kappa shape index (κ3) is 2.41. The van der Waals surface area contributed by atoms with E-state index in [2.05, 4.69) is 15.0 Å². The lowest BCUT2D eigenvalue weighted by molar-refractivity contribution is -0.00532. The molecule has 0 radical (unpaired) electrons. The third-order valence-corrected chi connectivity index (χ3v) is 2.65. The number of nitrogens with zero attached hydrogens (tertiary/aromatic N) is 4. The number of hydrogen-bond acceptors (Lipinski definition) is 4. The second-order valence-electron chi connectivity index (χ2n) is 3.81. The van der Waals surface area contributed by atoms with Gasteiger partial charge in [-0.2, -0.15) is 0 Å². The number of rotatable bonds is 3. The Morgan fingerprint density at radius 3 is 3.11 bits per heavy atom. The Hall–Kier alpha value is -2.12. The monoisotopic (exact) mass is 255 g/mol. The molecular formula is C9H10FN5O3. The zero-order chi connectivity index (χ0) is 13.1. The van der Waals surface area contributed by atoms with E-state index in [-0.39, 0.29) is 13.0 Å². The van der Waals surface area contributed by atoms with E-state index in [0.717, 1.165) is 10.6 Å². The van der Waals surface area contributed by atoms with E-state index in [1.54, 1.807) is 0 Å². The van der Waals surface area contributed by atoms with Crippen LogP contribution in [0.15, 0.2) is 27.0 Å². The van der Waals surface area contributed by atoms with Gasteiger partial charge in [0.2, 0.25) is 0 Å². The summed E-state index contributed by atoms with van der Waals surface area (Å²) in [7, 11) is 0. The molecule has 0 spiro atoms. The maximum Gasteiger partial charge on any atom is 0.330 e. The predicted octanol–water partition coefficient (Wildman–Crippen LogP) is 0.472. The van der Waals surface area contributed by atoms with Crippen molar-refractivity contribution in [3.8, 4) is 0 Å². The van der Waals surface area contributed by atoms with E-state index >= 15 is 0 Å². The fourth-order valence-electron chi connectivity index (χ4n) is 1.79. The first-order valence-electron chi connectivity index (χ1n) is 5.23. The molecule has 0 saturated carbocycles. The second kappa shape index (κ2) is 5.03. The van der Waals surface area contributed by atoms with Crippen molar-refractivity contribution in [3.05, 3.63) is 43.5 Å². The van der Waals surface area contributed by atoms with E-state index in [0.29, 0.717) is 0 Å². The van der Waals surface area contributed by atoms with Gasteiger partial charge in [-0.3, -0.25) is 14.3 Å². The van der Waals surface area contributed by atoms with Gasteiger partial charge in [0.1, 0.15) is 12.4 Å². The molecule has 0 aliphatic carbocycles. The third-order valence-electron chi connectivity index (χ3n) is 2.65. The molecule has 1 aromatic heterocycles. The SMILES string of the molecule is [N-]=[N+]=NC[C@H]1O[C@@H](n2ccc(=O)[nH]c2=O)C[C@@H]1F. The van der Waals surface area contributed by atoms with Gasteiger partial charge in [-0.15, -0.1) is 0 Å². The zero-order valence-electron chi connectivity index (χ0n) is 9.19. The van der Waals surface area contributed by atoms with Crippen LogP contribution < -0.4 is 11.2 Å². The summed E-state index contributed by atoms with van der Waals surface area (Å²) in [5.41, 5.74) is 6.96. The van der Waals surface area contributed by atoms with Crippen molar-refractivity contribution >= 4 is 0 Å². The van der Waals surface area contributed by atoms with Crippen LogP contribution in [-0.2, 0) is 4.74 Å². The minimum atomic E-state index is -1.32. The molecule has 0 bridgehead atoms. The van der Waals surface area contributed by atoms with Crippen LogP contribution in [-0.4, -0.2) is 28.4 Å². The van der Waals surface area contributed by atoms with Crippen molar-refractivity contribution in [2.75, 3.05) is 6.54 Å². The Balaban J connectivity index is 2.19. The van der Waals surface area contributed by atoms with Crippen LogP contribution in [0.1, 0.15) is 12.6 Å². The second-order valence-corrected chi connectivity index (χ2v) is 3.81. The highest BCUT2D eigenvalue weighted by Gasteiger charge is 2.36. The van der Waals surface area contributed by atoms with Gasteiger partial charge in [-0.25, -0.2) is 9.18 Å². The number of halogens is 1. The Labute approximate surface area is 99.6 Å². The number of azide groups is 1. The van der Waals surface area contributed by atoms with Gasteiger partial charge in [-0.1, -0.05) is 5.11 Å². The minimum Gasteiger partial charge on any atom is -0.351 e. The molecule has 1 fully saturated rings. The van der Waals surface area contributed by atoms with Gasteiger partial charge in [0.15, 0.2) is 0 Å². The van der Waals surface area contributed by atoms with Crippen LogP contribution in [0.5, 0.6) is 0 Å². The van der Waals surface area contributed by atoms with Gasteiger partial charge < -0.3 is 4.74 Å². The lowest BCUT2D eigenvalue weighted by atomic mass is 10.2. The molecule has 1 N–H and O–H groups in total. The zero-order valence-corrected chi connectivity index (χ0v) is 9.19. The van der Waals surface area contributed by atoms with Crippen LogP contribution in [0, 0.1) is 0 Å². The molecule has 18 heavy (non-hydrogen) atoms. The molecule has 8 nitrogen and oxygen atoms in total. The lowest BCUT2D eigenvalue weighted by Gasteiger charge is -2.13. The van der Waals surface area contributed by atoms with E-state index < -0.39 is 29.8 Å². The van der Waals surface area contributed by atoms with Crippen molar-refractivity contribution in [2.45, 2.75) is 24.9 Å². The Morgan fingerprint density at radius 1 is 1.67 bits per heavy atom. The minimum absolute atomic E-state index is 0.0302. The van der Waals surface area contributed by atoms with Gasteiger partial charge in [0.25, 0.3) is 5.56 Å². The molecule has 0 aromatic carbocycles. The number of H-pyrrole nitrogens is 1. The summed E-state index contributed by atoms with van der Waals surface area (Å²) >= 11 is 0. The topological polar surface area (TPSA) is 113 Å².